The molecule has 1 saturated heterocycles. The van der Waals surface area contributed by atoms with Crippen LogP contribution < -0.4 is 25.6 Å². The minimum atomic E-state index is -0.690. The zero-order valence-corrected chi connectivity index (χ0v) is 15.7. The van der Waals surface area contributed by atoms with Gasteiger partial charge in [0.05, 0.1) is 0 Å². The molecule has 10 nitrogen and oxygen atoms in total. The number of piperazine rings is 1. The number of aryl methyl sites for hydroxylation is 1. The number of rotatable bonds is 2. The summed E-state index contributed by atoms with van der Waals surface area (Å²) in [5.74, 6) is 1.26. The number of hydrogen-bond donors (Lipinski definition) is 0. The number of para-hydroxylation sites is 2. The Kier molecular flexibility index (Phi) is 4.54. The topological polar surface area (TPSA) is 98.9 Å². The van der Waals surface area contributed by atoms with Gasteiger partial charge in [-0.15, -0.1) is 5.10 Å². The second-order valence-corrected chi connectivity index (χ2v) is 6.77. The van der Waals surface area contributed by atoms with Gasteiger partial charge < -0.3 is 19.3 Å². The summed E-state index contributed by atoms with van der Waals surface area (Å²) in [4.78, 5) is 40.4. The first-order valence-electron chi connectivity index (χ1n) is 9.02. The van der Waals surface area contributed by atoms with Gasteiger partial charge in [0.25, 0.3) is 11.5 Å². The molecule has 1 fully saturated rings. The van der Waals surface area contributed by atoms with Gasteiger partial charge in [-0.05, 0) is 12.1 Å². The van der Waals surface area contributed by atoms with Gasteiger partial charge in [-0.25, -0.2) is 9.48 Å². The van der Waals surface area contributed by atoms with E-state index in [0.717, 1.165) is 9.25 Å². The van der Waals surface area contributed by atoms with Gasteiger partial charge in [-0.1, -0.05) is 12.1 Å². The molecule has 0 radical (unpaired) electrons. The first kappa shape index (κ1) is 18.1. The smallest absolute Gasteiger partial charge is 0.346 e. The molecular weight excluding hydrogens is 366 g/mol. The van der Waals surface area contributed by atoms with Crippen molar-refractivity contribution in [1.29, 1.82) is 0 Å². The van der Waals surface area contributed by atoms with Gasteiger partial charge in [0.15, 0.2) is 11.5 Å². The van der Waals surface area contributed by atoms with Gasteiger partial charge in [0.1, 0.15) is 6.61 Å². The molecule has 2 aliphatic heterocycles. The summed E-state index contributed by atoms with van der Waals surface area (Å²) in [6.07, 6.45) is -0.690. The maximum atomic E-state index is 12.8. The fourth-order valence-corrected chi connectivity index (χ4v) is 3.36. The molecule has 0 aliphatic carbocycles. The van der Waals surface area contributed by atoms with Crippen molar-refractivity contribution >= 4 is 11.7 Å². The molecule has 1 amide bonds. The lowest BCUT2D eigenvalue weighted by Gasteiger charge is -2.37. The normalized spacial score (nSPS) is 18.9. The number of ether oxygens (including phenoxy) is 2. The van der Waals surface area contributed by atoms with Gasteiger partial charge >= 0.3 is 5.69 Å². The van der Waals surface area contributed by atoms with Crippen LogP contribution in [-0.2, 0) is 18.9 Å². The second-order valence-electron chi connectivity index (χ2n) is 6.77. The first-order chi connectivity index (χ1) is 13.5. The van der Waals surface area contributed by atoms with E-state index in [0.29, 0.717) is 37.7 Å². The first-order valence-corrected chi connectivity index (χ1v) is 9.02. The number of hydrogen-bond acceptors (Lipinski definition) is 7. The fraction of sp³-hybridized carbons (Fsp3) is 0.444. The Hall–Kier alpha value is -3.30. The van der Waals surface area contributed by atoms with Crippen LogP contribution in [0.25, 0.3) is 0 Å². The van der Waals surface area contributed by atoms with E-state index in [2.05, 4.69) is 5.10 Å². The van der Waals surface area contributed by atoms with E-state index in [1.807, 2.05) is 12.1 Å². The largest absolute Gasteiger partial charge is 0.485 e. The monoisotopic (exact) mass is 387 g/mol. The molecule has 1 atom stereocenters. The molecule has 0 unspecified atom stereocenters. The second kappa shape index (κ2) is 7.02. The molecule has 28 heavy (non-hydrogen) atoms. The Morgan fingerprint density at radius 1 is 1.07 bits per heavy atom. The lowest BCUT2D eigenvalue weighted by atomic mass is 10.2. The van der Waals surface area contributed by atoms with Crippen molar-refractivity contribution in [1.82, 2.24) is 19.2 Å². The molecular formula is C18H21N5O5. The molecule has 2 aliphatic rings. The van der Waals surface area contributed by atoms with Crippen LogP contribution in [0.2, 0.25) is 0 Å². The average Bonchev–Trinajstić information content (AvgIpc) is 2.74. The van der Waals surface area contributed by atoms with Crippen LogP contribution in [0.3, 0.4) is 0 Å². The summed E-state index contributed by atoms with van der Waals surface area (Å²) < 4.78 is 13.6. The molecule has 0 N–H and O–H groups in total. The van der Waals surface area contributed by atoms with Crippen LogP contribution in [0.4, 0.5) is 5.82 Å². The highest BCUT2D eigenvalue weighted by Gasteiger charge is 2.33. The molecule has 2 aromatic rings. The molecule has 0 spiro atoms. The van der Waals surface area contributed by atoms with E-state index in [-0.39, 0.29) is 18.3 Å². The Labute approximate surface area is 160 Å². The lowest BCUT2D eigenvalue weighted by molar-refractivity contribution is -0.141. The Morgan fingerprint density at radius 2 is 1.75 bits per heavy atom. The van der Waals surface area contributed by atoms with E-state index in [1.165, 1.54) is 14.1 Å². The number of carbonyl (C=O) groups is 1. The maximum Gasteiger partial charge on any atom is 0.346 e. The fourth-order valence-electron chi connectivity index (χ4n) is 3.36. The van der Waals surface area contributed by atoms with E-state index in [4.69, 9.17) is 9.47 Å². The van der Waals surface area contributed by atoms with Crippen molar-refractivity contribution in [2.75, 3.05) is 37.7 Å². The number of aromatic nitrogens is 3. The standard InChI is InChI=1S/C18H21N5O5/c1-20-17(25)15(19-21(2)18(20)26)22-7-9-23(10-8-22)16(24)14-11-27-12-5-3-4-6-13(12)28-14/h3-6,14H,7-11H2,1-2H3/t14-/m0/s1. The minimum absolute atomic E-state index is 0.143. The molecule has 148 valence electrons. The number of fused-ring (bicyclic) bond motifs is 1. The third kappa shape index (κ3) is 3.10. The van der Waals surface area contributed by atoms with Crippen LogP contribution in [0.1, 0.15) is 0 Å². The van der Waals surface area contributed by atoms with Gasteiger partial charge in [0.2, 0.25) is 11.9 Å². The van der Waals surface area contributed by atoms with Crippen molar-refractivity contribution in [3.05, 3.63) is 45.1 Å². The number of benzene rings is 1. The van der Waals surface area contributed by atoms with Crippen molar-refractivity contribution in [3.63, 3.8) is 0 Å². The van der Waals surface area contributed by atoms with Crippen molar-refractivity contribution in [3.8, 4) is 11.5 Å². The Morgan fingerprint density at radius 3 is 2.46 bits per heavy atom. The van der Waals surface area contributed by atoms with Crippen molar-refractivity contribution in [2.45, 2.75) is 6.10 Å². The van der Waals surface area contributed by atoms with Gasteiger partial charge in [-0.3, -0.25) is 14.2 Å². The summed E-state index contributed by atoms with van der Waals surface area (Å²) in [6, 6.07) is 7.25. The van der Waals surface area contributed by atoms with Crippen LogP contribution in [-0.4, -0.2) is 64.0 Å². The van der Waals surface area contributed by atoms with Crippen LogP contribution in [0.5, 0.6) is 11.5 Å². The summed E-state index contributed by atoms with van der Waals surface area (Å²) in [7, 11) is 2.93. The van der Waals surface area contributed by atoms with Crippen LogP contribution in [0.15, 0.2) is 33.9 Å². The predicted molar refractivity (Wildman–Crippen MR) is 99.9 cm³/mol. The zero-order valence-electron chi connectivity index (χ0n) is 15.7. The van der Waals surface area contributed by atoms with E-state index < -0.39 is 17.4 Å². The summed E-state index contributed by atoms with van der Waals surface area (Å²) in [5, 5.41) is 4.09. The average molecular weight is 387 g/mol. The zero-order chi connectivity index (χ0) is 19.8. The number of carbonyl (C=O) groups excluding carboxylic acids is 1. The maximum absolute atomic E-state index is 12.8. The third-order valence-corrected chi connectivity index (χ3v) is 4.98. The third-order valence-electron chi connectivity index (χ3n) is 4.98. The van der Waals surface area contributed by atoms with E-state index in [1.54, 1.807) is 21.9 Å². The molecule has 3 heterocycles. The summed E-state index contributed by atoms with van der Waals surface area (Å²) >= 11 is 0. The lowest BCUT2D eigenvalue weighted by Crippen LogP contribution is -2.55. The molecule has 1 aromatic carbocycles. The van der Waals surface area contributed by atoms with E-state index in [9.17, 15) is 14.4 Å². The number of nitrogens with zero attached hydrogens (tertiary/aromatic N) is 5. The molecule has 10 heteroatoms. The molecule has 4 rings (SSSR count). The van der Waals surface area contributed by atoms with Crippen molar-refractivity contribution in [2.24, 2.45) is 14.1 Å². The summed E-state index contributed by atoms with van der Waals surface area (Å²) in [6.45, 7) is 1.90. The highest BCUT2D eigenvalue weighted by atomic mass is 16.6. The van der Waals surface area contributed by atoms with Crippen LogP contribution in [0, 0.1) is 0 Å². The van der Waals surface area contributed by atoms with Crippen LogP contribution >= 0.6 is 0 Å². The highest BCUT2D eigenvalue weighted by molar-refractivity contribution is 5.82. The minimum Gasteiger partial charge on any atom is -0.485 e. The van der Waals surface area contributed by atoms with E-state index >= 15 is 0 Å². The predicted octanol–water partition coefficient (Wildman–Crippen LogP) is -1.03. The molecule has 0 bridgehead atoms. The SMILES string of the molecule is Cn1nc(N2CCN(C(=O)[C@@H]3COc4ccccc4O3)CC2)c(=O)n(C)c1=O. The summed E-state index contributed by atoms with van der Waals surface area (Å²) in [5.41, 5.74) is -0.916. The quantitative estimate of drug-likeness (QED) is 0.650. The Balaban J connectivity index is 1.43. The van der Waals surface area contributed by atoms with Gasteiger partial charge in [-0.2, -0.15) is 0 Å². The van der Waals surface area contributed by atoms with Gasteiger partial charge in [0, 0.05) is 40.3 Å². The highest BCUT2D eigenvalue weighted by Crippen LogP contribution is 2.31. The molecule has 0 saturated carbocycles. The number of anilines is 1. The number of amides is 1. The Bertz CT molecular complexity index is 1020. The molecule has 1 aromatic heterocycles. The van der Waals surface area contributed by atoms with Crippen molar-refractivity contribution < 1.29 is 14.3 Å².